The van der Waals surface area contributed by atoms with E-state index in [1.807, 2.05) is 24.3 Å². The van der Waals surface area contributed by atoms with Crippen LogP contribution in [0.5, 0.6) is 0 Å². The smallest absolute Gasteiger partial charge is 0.164 e. The number of ketones is 1. The van der Waals surface area contributed by atoms with Gasteiger partial charge in [0.25, 0.3) is 0 Å². The third kappa shape index (κ3) is 4.42. The van der Waals surface area contributed by atoms with Gasteiger partial charge in [0.05, 0.1) is 0 Å². The minimum Gasteiger partial charge on any atom is -0.300 e. The van der Waals surface area contributed by atoms with Gasteiger partial charge in [0, 0.05) is 29.0 Å². The van der Waals surface area contributed by atoms with E-state index in [4.69, 9.17) is 0 Å². The van der Waals surface area contributed by atoms with E-state index < -0.39 is 0 Å². The summed E-state index contributed by atoms with van der Waals surface area (Å²) in [6.07, 6.45) is 7.09. The van der Waals surface area contributed by atoms with Gasteiger partial charge in [-0.1, -0.05) is 47.8 Å². The second-order valence-corrected chi connectivity index (χ2v) is 6.57. The van der Waals surface area contributed by atoms with E-state index in [1.54, 1.807) is 0 Å². The molecule has 20 heavy (non-hydrogen) atoms. The van der Waals surface area contributed by atoms with Crippen molar-refractivity contribution in [3.05, 3.63) is 34.3 Å². The first kappa shape index (κ1) is 15.7. The Morgan fingerprint density at radius 3 is 2.75 bits per heavy atom. The van der Waals surface area contributed by atoms with Crippen LogP contribution in [0.3, 0.4) is 0 Å². The molecule has 2 nitrogen and oxygen atoms in total. The zero-order valence-electron chi connectivity index (χ0n) is 12.3. The minimum atomic E-state index is 0.262. The first-order valence-electron chi connectivity index (χ1n) is 7.73. The number of hydrogen-bond donors (Lipinski definition) is 0. The van der Waals surface area contributed by atoms with Gasteiger partial charge in [-0.2, -0.15) is 0 Å². The third-order valence-electron chi connectivity index (χ3n) is 4.16. The van der Waals surface area contributed by atoms with Gasteiger partial charge >= 0.3 is 0 Å². The van der Waals surface area contributed by atoms with Crippen LogP contribution in [-0.4, -0.2) is 29.8 Å². The average Bonchev–Trinajstić information content (AvgIpc) is 2.47. The van der Waals surface area contributed by atoms with Gasteiger partial charge in [0.2, 0.25) is 0 Å². The van der Waals surface area contributed by atoms with Crippen molar-refractivity contribution in [3.63, 3.8) is 0 Å². The summed E-state index contributed by atoms with van der Waals surface area (Å²) in [5.74, 6) is 0.262. The highest BCUT2D eigenvalue weighted by Crippen LogP contribution is 2.21. The number of carbonyl (C=O) groups excluding carboxylic acids is 1. The predicted octanol–water partition coefficient (Wildman–Crippen LogP) is 4.68. The summed E-state index contributed by atoms with van der Waals surface area (Å²) in [7, 11) is 0. The Labute approximate surface area is 130 Å². The van der Waals surface area contributed by atoms with Crippen molar-refractivity contribution >= 4 is 21.7 Å². The van der Waals surface area contributed by atoms with Gasteiger partial charge < -0.3 is 0 Å². The molecule has 0 amide bonds. The highest BCUT2D eigenvalue weighted by molar-refractivity contribution is 9.10. The van der Waals surface area contributed by atoms with Gasteiger partial charge in [-0.3, -0.25) is 9.69 Å². The topological polar surface area (TPSA) is 20.3 Å². The van der Waals surface area contributed by atoms with E-state index in [0.717, 1.165) is 23.1 Å². The summed E-state index contributed by atoms with van der Waals surface area (Å²) in [5.41, 5.74) is 0.831. The van der Waals surface area contributed by atoms with Crippen LogP contribution in [0, 0.1) is 0 Å². The first-order valence-corrected chi connectivity index (χ1v) is 8.53. The van der Waals surface area contributed by atoms with Gasteiger partial charge in [0.1, 0.15) is 0 Å². The van der Waals surface area contributed by atoms with Crippen LogP contribution in [-0.2, 0) is 0 Å². The highest BCUT2D eigenvalue weighted by Gasteiger charge is 2.21. The molecule has 1 aromatic carbocycles. The van der Waals surface area contributed by atoms with Crippen LogP contribution in [0.2, 0.25) is 0 Å². The maximum absolute atomic E-state index is 12.2. The fourth-order valence-corrected chi connectivity index (χ4v) is 3.30. The molecule has 1 unspecified atom stereocenters. The third-order valence-corrected chi connectivity index (χ3v) is 4.69. The largest absolute Gasteiger partial charge is 0.300 e. The number of Topliss-reactive ketones (excluding diaryl/α,β-unsaturated/α-hetero) is 1. The molecule has 1 aliphatic heterocycles. The van der Waals surface area contributed by atoms with Crippen LogP contribution < -0.4 is 0 Å². The Bertz CT molecular complexity index is 427. The molecule has 2 rings (SSSR count). The number of nitrogens with zero attached hydrogens (tertiary/aromatic N) is 1. The van der Waals surface area contributed by atoms with E-state index in [1.165, 1.54) is 32.1 Å². The maximum atomic E-state index is 12.2. The summed E-state index contributed by atoms with van der Waals surface area (Å²) in [4.78, 5) is 14.8. The number of benzene rings is 1. The molecule has 0 bridgehead atoms. The molecule has 0 aliphatic carbocycles. The summed E-state index contributed by atoms with van der Waals surface area (Å²) in [6, 6.07) is 8.40. The summed E-state index contributed by atoms with van der Waals surface area (Å²) < 4.78 is 1.02. The van der Waals surface area contributed by atoms with Crippen LogP contribution in [0.15, 0.2) is 28.7 Å². The molecule has 1 atom stereocenters. The Morgan fingerprint density at radius 2 is 2.05 bits per heavy atom. The lowest BCUT2D eigenvalue weighted by Crippen LogP contribution is -2.40. The monoisotopic (exact) mass is 337 g/mol. The normalized spacial score (nSPS) is 20.0. The molecular weight excluding hydrogens is 314 g/mol. The molecule has 1 saturated heterocycles. The lowest BCUT2D eigenvalue weighted by molar-refractivity contribution is 0.0919. The van der Waals surface area contributed by atoms with Gasteiger partial charge in [0.15, 0.2) is 5.78 Å². The summed E-state index contributed by atoms with van der Waals surface area (Å²) >= 11 is 3.40. The zero-order chi connectivity index (χ0) is 14.4. The fourth-order valence-electron chi connectivity index (χ4n) is 3.04. The Morgan fingerprint density at radius 1 is 1.30 bits per heavy atom. The number of piperidine rings is 1. The van der Waals surface area contributed by atoms with Crippen molar-refractivity contribution in [2.75, 3.05) is 13.1 Å². The first-order chi connectivity index (χ1) is 9.70. The molecule has 0 aromatic heterocycles. The number of rotatable bonds is 6. The van der Waals surface area contributed by atoms with Crippen molar-refractivity contribution in [2.24, 2.45) is 0 Å². The van der Waals surface area contributed by atoms with E-state index in [9.17, 15) is 4.79 Å². The lowest BCUT2D eigenvalue weighted by atomic mass is 9.97. The molecule has 1 aliphatic rings. The van der Waals surface area contributed by atoms with E-state index in [-0.39, 0.29) is 5.78 Å². The second-order valence-electron chi connectivity index (χ2n) is 5.65. The van der Waals surface area contributed by atoms with Crippen molar-refractivity contribution < 1.29 is 4.79 Å². The molecule has 0 spiro atoms. The molecule has 1 fully saturated rings. The van der Waals surface area contributed by atoms with Crippen LogP contribution in [0.25, 0.3) is 0 Å². The van der Waals surface area contributed by atoms with Crippen molar-refractivity contribution in [2.45, 2.75) is 51.5 Å². The second kappa shape index (κ2) is 7.94. The fraction of sp³-hybridized carbons (Fsp3) is 0.588. The summed E-state index contributed by atoms with van der Waals surface area (Å²) in [6.45, 7) is 4.33. The van der Waals surface area contributed by atoms with Crippen molar-refractivity contribution in [1.29, 1.82) is 0 Å². The Balaban J connectivity index is 1.86. The highest BCUT2D eigenvalue weighted by atomic mass is 79.9. The molecule has 0 N–H and O–H groups in total. The molecule has 0 saturated carbocycles. The molecule has 0 radical (unpaired) electrons. The Kier molecular flexibility index (Phi) is 6.24. The zero-order valence-corrected chi connectivity index (χ0v) is 13.9. The van der Waals surface area contributed by atoms with E-state index >= 15 is 0 Å². The van der Waals surface area contributed by atoms with Crippen molar-refractivity contribution in [1.82, 2.24) is 4.90 Å². The average molecular weight is 338 g/mol. The Hall–Kier alpha value is -0.670. The predicted molar refractivity (Wildman–Crippen MR) is 87.2 cm³/mol. The van der Waals surface area contributed by atoms with E-state index in [2.05, 4.69) is 27.8 Å². The van der Waals surface area contributed by atoms with Crippen molar-refractivity contribution in [3.8, 4) is 0 Å². The number of halogens is 1. The van der Waals surface area contributed by atoms with Crippen LogP contribution in [0.1, 0.15) is 55.8 Å². The molecular formula is C17H24BrNO. The van der Waals surface area contributed by atoms with Gasteiger partial charge in [-0.25, -0.2) is 0 Å². The molecule has 3 heteroatoms. The van der Waals surface area contributed by atoms with Gasteiger partial charge in [-0.15, -0.1) is 0 Å². The standard InChI is InChI=1S/C17H24BrNO/c1-2-5-16-6-3-4-12-19(16)13-11-17(20)14-7-9-15(18)10-8-14/h7-10,16H,2-6,11-13H2,1H3. The molecule has 110 valence electrons. The molecule has 1 heterocycles. The SMILES string of the molecule is CCCC1CCCCN1CCC(=O)c1ccc(Br)cc1. The maximum Gasteiger partial charge on any atom is 0.164 e. The van der Waals surface area contributed by atoms with Crippen LogP contribution >= 0.6 is 15.9 Å². The number of carbonyl (C=O) groups is 1. The summed E-state index contributed by atoms with van der Waals surface area (Å²) in [5, 5.41) is 0. The van der Waals surface area contributed by atoms with E-state index in [0.29, 0.717) is 12.5 Å². The number of likely N-dealkylation sites (tertiary alicyclic amines) is 1. The van der Waals surface area contributed by atoms with Crippen LogP contribution in [0.4, 0.5) is 0 Å². The van der Waals surface area contributed by atoms with Gasteiger partial charge in [-0.05, 0) is 37.9 Å². The molecule has 1 aromatic rings. The minimum absolute atomic E-state index is 0.262. The quantitative estimate of drug-likeness (QED) is 0.702. The lowest BCUT2D eigenvalue weighted by Gasteiger charge is -2.35. The number of hydrogen-bond acceptors (Lipinski definition) is 2.